The molecule has 6 heteroatoms. The van der Waals surface area contributed by atoms with E-state index in [4.69, 9.17) is 0 Å². The van der Waals surface area contributed by atoms with Crippen molar-refractivity contribution in [3.05, 3.63) is 103 Å². The Bertz CT molecular complexity index is 1290. The van der Waals surface area contributed by atoms with Crippen LogP contribution in [0, 0.1) is 0 Å². The van der Waals surface area contributed by atoms with Gasteiger partial charge >= 0.3 is 0 Å². The van der Waals surface area contributed by atoms with Gasteiger partial charge < -0.3 is 0 Å². The molecular formula is C25H20NO2S3+. The lowest BCUT2D eigenvalue weighted by molar-refractivity contribution is 0.594. The molecule has 1 aliphatic heterocycles. The summed E-state index contributed by atoms with van der Waals surface area (Å²) in [7, 11) is -2.22. The van der Waals surface area contributed by atoms with Crippen molar-refractivity contribution in [2.45, 2.75) is 29.4 Å². The molecule has 0 unspecified atom stereocenters. The highest BCUT2D eigenvalue weighted by Crippen LogP contribution is 2.48. The van der Waals surface area contributed by atoms with Crippen molar-refractivity contribution < 1.29 is 8.42 Å². The Morgan fingerprint density at radius 3 is 1.77 bits per heavy atom. The lowest BCUT2D eigenvalue weighted by Gasteiger charge is -2.21. The molecule has 3 nitrogen and oxygen atoms in total. The van der Waals surface area contributed by atoms with Crippen molar-refractivity contribution in [1.82, 2.24) is 0 Å². The van der Waals surface area contributed by atoms with E-state index >= 15 is 0 Å². The summed E-state index contributed by atoms with van der Waals surface area (Å²) in [5.74, 6) is 0. The molecule has 0 spiro atoms. The molecule has 1 aliphatic rings. The zero-order valence-corrected chi connectivity index (χ0v) is 19.3. The predicted molar refractivity (Wildman–Crippen MR) is 128 cm³/mol. The van der Waals surface area contributed by atoms with Gasteiger partial charge in [-0.2, -0.15) is 0 Å². The average molecular weight is 463 g/mol. The molecule has 5 rings (SSSR count). The number of benzene rings is 4. The fraction of sp³-hybridized carbons (Fsp3) is 0.0400. The molecule has 1 heterocycles. The maximum Gasteiger partial charge on any atom is 0.264 e. The highest BCUT2D eigenvalue weighted by Gasteiger charge is 2.37. The number of rotatable bonds is 4. The number of nitrogens with zero attached hydrogens (tertiary/aromatic N) is 1. The van der Waals surface area contributed by atoms with Gasteiger partial charge in [0.1, 0.15) is 10.9 Å². The third-order valence-electron chi connectivity index (χ3n) is 5.20. The molecular weight excluding hydrogens is 442 g/mol. The Morgan fingerprint density at radius 1 is 0.677 bits per heavy atom. The van der Waals surface area contributed by atoms with Crippen LogP contribution >= 0.6 is 11.8 Å². The molecule has 154 valence electrons. The van der Waals surface area contributed by atoms with E-state index in [1.165, 1.54) is 28.8 Å². The fourth-order valence-corrected chi connectivity index (χ4v) is 8.53. The molecule has 0 atom stereocenters. The van der Waals surface area contributed by atoms with E-state index in [2.05, 4.69) is 60.7 Å². The van der Waals surface area contributed by atoms with Crippen LogP contribution in [-0.2, 0) is 20.9 Å². The van der Waals surface area contributed by atoms with E-state index in [0.717, 1.165) is 0 Å². The summed E-state index contributed by atoms with van der Waals surface area (Å²) in [5, 5.41) is 0. The largest absolute Gasteiger partial charge is 0.269 e. The van der Waals surface area contributed by atoms with Gasteiger partial charge in [-0.05, 0) is 60.7 Å². The first-order chi connectivity index (χ1) is 15.1. The van der Waals surface area contributed by atoms with Crippen LogP contribution in [0.4, 0.5) is 5.69 Å². The second-order valence-electron chi connectivity index (χ2n) is 7.08. The number of fused-ring (bicyclic) bond motifs is 2. The Balaban J connectivity index is 1.53. The molecule has 31 heavy (non-hydrogen) atoms. The first-order valence-corrected chi connectivity index (χ1v) is 13.3. The van der Waals surface area contributed by atoms with Gasteiger partial charge in [-0.25, -0.2) is 8.42 Å². The van der Waals surface area contributed by atoms with Crippen molar-refractivity contribution in [2.24, 2.45) is 0 Å². The lowest BCUT2D eigenvalue weighted by Crippen LogP contribution is -2.26. The van der Waals surface area contributed by atoms with Crippen LogP contribution in [0.3, 0.4) is 0 Å². The first kappa shape index (κ1) is 20.2. The molecule has 0 N–H and O–H groups in total. The van der Waals surface area contributed by atoms with E-state index < -0.39 is 10.0 Å². The molecule has 0 aliphatic carbocycles. The van der Waals surface area contributed by atoms with Crippen LogP contribution in [0.5, 0.6) is 0 Å². The topological polar surface area (TPSA) is 37.4 Å². The number of anilines is 1. The Hall–Kier alpha value is -2.67. The normalized spacial score (nSPS) is 13.3. The minimum absolute atomic E-state index is 0.225. The molecule has 0 fully saturated rings. The average Bonchev–Trinajstić information content (AvgIpc) is 2.82. The Kier molecular flexibility index (Phi) is 5.30. The van der Waals surface area contributed by atoms with E-state index in [9.17, 15) is 8.42 Å². The van der Waals surface area contributed by atoms with Crippen LogP contribution < -0.4 is 4.31 Å². The van der Waals surface area contributed by atoms with Gasteiger partial charge in [0.05, 0.1) is 20.4 Å². The van der Waals surface area contributed by atoms with E-state index in [1.807, 2.05) is 30.0 Å². The van der Waals surface area contributed by atoms with Crippen molar-refractivity contribution >= 4 is 38.4 Å². The van der Waals surface area contributed by atoms with Gasteiger partial charge in [-0.1, -0.05) is 54.2 Å². The third-order valence-corrected chi connectivity index (χ3v) is 10.7. The summed E-state index contributed by atoms with van der Waals surface area (Å²) in [6, 6.07) is 33.5. The lowest BCUT2D eigenvalue weighted by atomic mass is 10.3. The van der Waals surface area contributed by atoms with Crippen molar-refractivity contribution in [3.63, 3.8) is 0 Å². The van der Waals surface area contributed by atoms with E-state index in [-0.39, 0.29) is 15.8 Å². The maximum absolute atomic E-state index is 13.0. The van der Waals surface area contributed by atoms with Gasteiger partial charge in [-0.3, -0.25) is 4.31 Å². The molecule has 0 aromatic heterocycles. The molecule has 4 aromatic carbocycles. The monoisotopic (exact) mass is 462 g/mol. The zero-order valence-electron chi connectivity index (χ0n) is 16.8. The van der Waals surface area contributed by atoms with Crippen LogP contribution in [0.15, 0.2) is 133 Å². The van der Waals surface area contributed by atoms with Crippen molar-refractivity contribution in [1.29, 1.82) is 0 Å². The second-order valence-corrected chi connectivity index (χ2v) is 12.1. The molecule has 0 radical (unpaired) electrons. The number of sulfonamides is 1. The summed E-state index contributed by atoms with van der Waals surface area (Å²) in [5.41, 5.74) is 0.643. The Labute approximate surface area is 190 Å². The third kappa shape index (κ3) is 3.65. The van der Waals surface area contributed by atoms with Gasteiger partial charge in [0.25, 0.3) is 10.0 Å². The SMILES string of the molecule is CN(c1ccc([S+]2c3ccccc3Sc3ccccc32)cc1)S(=O)(=O)c1ccccc1. The number of hydrogen-bond donors (Lipinski definition) is 0. The summed E-state index contributed by atoms with van der Waals surface area (Å²) in [4.78, 5) is 6.63. The molecule has 0 amide bonds. The van der Waals surface area contributed by atoms with Crippen molar-refractivity contribution in [3.8, 4) is 0 Å². The van der Waals surface area contributed by atoms with E-state index in [0.29, 0.717) is 5.69 Å². The molecule has 4 aromatic rings. The maximum atomic E-state index is 13.0. The second kappa shape index (κ2) is 8.11. The van der Waals surface area contributed by atoms with Gasteiger partial charge in [0.15, 0.2) is 14.7 Å². The highest BCUT2D eigenvalue weighted by molar-refractivity contribution is 8.04. The summed E-state index contributed by atoms with van der Waals surface area (Å²) in [6.07, 6.45) is 0. The van der Waals surface area contributed by atoms with Crippen LogP contribution in [0.25, 0.3) is 0 Å². The quantitative estimate of drug-likeness (QED) is 0.304. The zero-order chi connectivity index (χ0) is 21.4. The van der Waals surface area contributed by atoms with Crippen LogP contribution in [0.2, 0.25) is 0 Å². The molecule has 0 saturated heterocycles. The van der Waals surface area contributed by atoms with Gasteiger partial charge in [0.2, 0.25) is 0 Å². The summed E-state index contributed by atoms with van der Waals surface area (Å²) in [6.45, 7) is 0. The summed E-state index contributed by atoms with van der Waals surface area (Å²) < 4.78 is 27.3. The fourth-order valence-electron chi connectivity index (χ4n) is 3.58. The summed E-state index contributed by atoms with van der Waals surface area (Å²) >= 11 is 1.81. The van der Waals surface area contributed by atoms with Gasteiger partial charge in [-0.15, -0.1) is 0 Å². The standard InChI is InChI=1S/C25H20NO2S3/c1-26(31(27,28)21-9-3-2-4-10-21)19-15-17-20(18-16-19)30-24-13-7-5-11-22(24)29-23-12-6-8-14-25(23)30/h2-18H,1H3/q+1. The van der Waals surface area contributed by atoms with Gasteiger partial charge in [0, 0.05) is 7.05 Å². The minimum Gasteiger partial charge on any atom is -0.269 e. The predicted octanol–water partition coefficient (Wildman–Crippen LogP) is 6.07. The minimum atomic E-state index is -3.59. The van der Waals surface area contributed by atoms with Crippen LogP contribution in [0.1, 0.15) is 0 Å². The van der Waals surface area contributed by atoms with E-state index in [1.54, 1.807) is 31.3 Å². The van der Waals surface area contributed by atoms with Crippen molar-refractivity contribution in [2.75, 3.05) is 11.4 Å². The molecule has 0 saturated carbocycles. The van der Waals surface area contributed by atoms with Crippen LogP contribution in [-0.4, -0.2) is 15.5 Å². The Morgan fingerprint density at radius 2 is 1.19 bits per heavy atom. The highest BCUT2D eigenvalue weighted by atomic mass is 32.2. The molecule has 0 bridgehead atoms. The number of hydrogen-bond acceptors (Lipinski definition) is 3. The smallest absolute Gasteiger partial charge is 0.264 e. The first-order valence-electron chi connectivity index (χ1n) is 9.80.